The molecule has 2 heterocycles. The van der Waals surface area contributed by atoms with Gasteiger partial charge in [0, 0.05) is 22.6 Å². The third kappa shape index (κ3) is 4.34. The molecule has 3 aromatic rings. The van der Waals surface area contributed by atoms with Crippen molar-refractivity contribution in [1.29, 1.82) is 0 Å². The van der Waals surface area contributed by atoms with Crippen molar-refractivity contribution in [2.24, 2.45) is 0 Å². The van der Waals surface area contributed by atoms with E-state index >= 15 is 0 Å². The maximum absolute atomic E-state index is 14.4. The summed E-state index contributed by atoms with van der Waals surface area (Å²) < 4.78 is 110. The van der Waals surface area contributed by atoms with E-state index in [1.54, 1.807) is 0 Å². The summed E-state index contributed by atoms with van der Waals surface area (Å²) in [4.78, 5) is 2.64. The standard InChI is InChI=1S/C18H9F8NOS/c1-8-13(19)15(9-2-4-10(5-3-9)17(21,22)23)27-16(14(8)20)28-11-6-12(29-7-11)18(24,25)26/h2-7H,1H3. The minimum absolute atomic E-state index is 0.0928. The molecule has 0 spiro atoms. The maximum atomic E-state index is 14.4. The van der Waals surface area contributed by atoms with Gasteiger partial charge >= 0.3 is 12.4 Å². The van der Waals surface area contributed by atoms with Crippen LogP contribution in [-0.4, -0.2) is 4.98 Å². The van der Waals surface area contributed by atoms with Crippen molar-refractivity contribution in [2.75, 3.05) is 0 Å². The van der Waals surface area contributed by atoms with Gasteiger partial charge in [-0.25, -0.2) is 13.8 Å². The first kappa shape index (κ1) is 21.0. The molecule has 0 bridgehead atoms. The lowest BCUT2D eigenvalue weighted by atomic mass is 10.1. The molecule has 154 valence electrons. The highest BCUT2D eigenvalue weighted by atomic mass is 32.1. The molecular formula is C18H9F8NOS. The van der Waals surface area contributed by atoms with Crippen LogP contribution in [0, 0.1) is 18.6 Å². The average molecular weight is 439 g/mol. The molecule has 0 saturated heterocycles. The Morgan fingerprint density at radius 3 is 2.03 bits per heavy atom. The molecule has 0 atom stereocenters. The minimum atomic E-state index is -4.62. The number of aromatic nitrogens is 1. The van der Waals surface area contributed by atoms with E-state index in [1.807, 2.05) is 0 Å². The number of rotatable bonds is 3. The predicted octanol–water partition coefficient (Wildman–Crippen LogP) is 7.23. The number of thiophene rings is 1. The topological polar surface area (TPSA) is 22.1 Å². The Kier molecular flexibility index (Phi) is 5.28. The summed E-state index contributed by atoms with van der Waals surface area (Å²) in [7, 11) is 0. The number of ether oxygens (including phenoxy) is 1. The molecule has 0 saturated carbocycles. The molecule has 0 amide bonds. The quantitative estimate of drug-likeness (QED) is 0.402. The van der Waals surface area contributed by atoms with E-state index in [2.05, 4.69) is 4.98 Å². The van der Waals surface area contributed by atoms with Crippen LogP contribution < -0.4 is 4.74 Å². The molecule has 29 heavy (non-hydrogen) atoms. The highest BCUT2D eigenvalue weighted by molar-refractivity contribution is 7.10. The molecule has 0 N–H and O–H groups in total. The van der Waals surface area contributed by atoms with Crippen LogP contribution in [0.25, 0.3) is 11.3 Å². The van der Waals surface area contributed by atoms with E-state index in [0.717, 1.165) is 24.4 Å². The SMILES string of the molecule is Cc1c(F)c(Oc2csc(C(F)(F)F)c2)nc(-c2ccc(C(F)(F)F)cc2)c1F. The lowest BCUT2D eigenvalue weighted by Crippen LogP contribution is -2.05. The zero-order valence-electron chi connectivity index (χ0n) is 14.3. The highest BCUT2D eigenvalue weighted by Crippen LogP contribution is 2.39. The number of pyridine rings is 1. The summed E-state index contributed by atoms with van der Waals surface area (Å²) in [5.41, 5.74) is -2.12. The molecular weight excluding hydrogens is 430 g/mol. The molecule has 0 aliphatic rings. The highest BCUT2D eigenvalue weighted by Gasteiger charge is 2.33. The van der Waals surface area contributed by atoms with Crippen molar-refractivity contribution in [3.63, 3.8) is 0 Å². The number of alkyl halides is 6. The molecule has 0 radical (unpaired) electrons. The van der Waals surface area contributed by atoms with E-state index in [9.17, 15) is 35.1 Å². The fourth-order valence-electron chi connectivity index (χ4n) is 2.34. The van der Waals surface area contributed by atoms with E-state index in [-0.39, 0.29) is 11.3 Å². The summed E-state index contributed by atoms with van der Waals surface area (Å²) in [6, 6.07) is 3.92. The molecule has 11 heteroatoms. The summed E-state index contributed by atoms with van der Waals surface area (Å²) in [6.45, 7) is 1.04. The molecule has 0 fully saturated rings. The second-order valence-electron chi connectivity index (χ2n) is 5.84. The van der Waals surface area contributed by atoms with Gasteiger partial charge in [0.2, 0.25) is 0 Å². The predicted molar refractivity (Wildman–Crippen MR) is 88.7 cm³/mol. The third-order valence-corrected chi connectivity index (χ3v) is 4.78. The first-order valence-corrected chi connectivity index (χ1v) is 8.62. The van der Waals surface area contributed by atoms with Crippen LogP contribution in [0.3, 0.4) is 0 Å². The second kappa shape index (κ2) is 7.29. The van der Waals surface area contributed by atoms with Gasteiger partial charge in [0.05, 0.1) is 5.56 Å². The molecule has 1 aromatic carbocycles. The molecule has 0 aliphatic carbocycles. The molecule has 2 nitrogen and oxygen atoms in total. The zero-order chi connectivity index (χ0) is 21.6. The van der Waals surface area contributed by atoms with E-state index in [1.165, 1.54) is 0 Å². The number of benzene rings is 1. The van der Waals surface area contributed by atoms with Gasteiger partial charge in [0.1, 0.15) is 16.3 Å². The fraction of sp³-hybridized carbons (Fsp3) is 0.167. The summed E-state index contributed by atoms with van der Waals surface area (Å²) in [5.74, 6) is -3.53. The maximum Gasteiger partial charge on any atom is 0.425 e. The third-order valence-electron chi connectivity index (χ3n) is 3.82. The lowest BCUT2D eigenvalue weighted by Gasteiger charge is -2.12. The van der Waals surface area contributed by atoms with Gasteiger partial charge < -0.3 is 4.74 Å². The largest absolute Gasteiger partial charge is 0.436 e. The Morgan fingerprint density at radius 1 is 0.897 bits per heavy atom. The van der Waals surface area contributed by atoms with Crippen LogP contribution in [0.1, 0.15) is 16.0 Å². The van der Waals surface area contributed by atoms with Crippen molar-refractivity contribution >= 4 is 11.3 Å². The zero-order valence-corrected chi connectivity index (χ0v) is 15.1. The first-order valence-electron chi connectivity index (χ1n) is 7.74. The molecule has 0 aliphatic heterocycles. The van der Waals surface area contributed by atoms with Crippen LogP contribution in [-0.2, 0) is 12.4 Å². The van der Waals surface area contributed by atoms with Crippen LogP contribution in [0.4, 0.5) is 35.1 Å². The van der Waals surface area contributed by atoms with Gasteiger partial charge in [-0.05, 0) is 19.1 Å². The van der Waals surface area contributed by atoms with Crippen LogP contribution in [0.15, 0.2) is 35.7 Å². The van der Waals surface area contributed by atoms with Crippen LogP contribution >= 0.6 is 11.3 Å². The fourth-order valence-corrected chi connectivity index (χ4v) is 3.02. The Morgan fingerprint density at radius 2 is 1.52 bits per heavy atom. The number of halogens is 8. The molecule has 2 aromatic heterocycles. The van der Waals surface area contributed by atoms with E-state index < -0.39 is 51.6 Å². The summed E-state index contributed by atoms with van der Waals surface area (Å²) in [6.07, 6.45) is -9.23. The van der Waals surface area contributed by atoms with Gasteiger partial charge in [-0.2, -0.15) is 26.3 Å². The Hall–Kier alpha value is -2.69. The second-order valence-corrected chi connectivity index (χ2v) is 6.75. The van der Waals surface area contributed by atoms with Gasteiger partial charge in [0.15, 0.2) is 11.6 Å². The normalized spacial score (nSPS) is 12.3. The number of nitrogens with zero attached hydrogens (tertiary/aromatic N) is 1. The Balaban J connectivity index is 2.00. The Bertz CT molecular complexity index is 1040. The van der Waals surface area contributed by atoms with E-state index in [4.69, 9.17) is 4.74 Å². The average Bonchev–Trinajstić information content (AvgIpc) is 3.11. The summed E-state index contributed by atoms with van der Waals surface area (Å²) >= 11 is 0.313. The number of hydrogen-bond acceptors (Lipinski definition) is 3. The van der Waals surface area contributed by atoms with Crippen LogP contribution in [0.5, 0.6) is 11.6 Å². The van der Waals surface area contributed by atoms with Gasteiger partial charge in [-0.3, -0.25) is 0 Å². The lowest BCUT2D eigenvalue weighted by molar-refractivity contribution is -0.137. The van der Waals surface area contributed by atoms with Crippen molar-refractivity contribution in [3.8, 4) is 22.9 Å². The van der Waals surface area contributed by atoms with Crippen molar-refractivity contribution in [2.45, 2.75) is 19.3 Å². The molecule has 0 unspecified atom stereocenters. The van der Waals surface area contributed by atoms with Crippen molar-refractivity contribution in [3.05, 3.63) is 63.4 Å². The summed E-state index contributed by atoms with van der Waals surface area (Å²) in [5, 5.41) is 0.973. The first-order chi connectivity index (χ1) is 13.4. The van der Waals surface area contributed by atoms with Gasteiger partial charge in [0.25, 0.3) is 5.88 Å². The minimum Gasteiger partial charge on any atom is -0.436 e. The Labute approximate surface area is 162 Å². The van der Waals surface area contributed by atoms with Gasteiger partial charge in [-0.1, -0.05) is 12.1 Å². The van der Waals surface area contributed by atoms with E-state index in [0.29, 0.717) is 29.5 Å². The van der Waals surface area contributed by atoms with Crippen molar-refractivity contribution < 1.29 is 39.9 Å². The van der Waals surface area contributed by atoms with Crippen molar-refractivity contribution in [1.82, 2.24) is 4.98 Å². The molecule has 3 rings (SSSR count). The smallest absolute Gasteiger partial charge is 0.425 e. The monoisotopic (exact) mass is 439 g/mol. The van der Waals surface area contributed by atoms with Crippen LogP contribution in [0.2, 0.25) is 0 Å². The van der Waals surface area contributed by atoms with Gasteiger partial charge in [-0.15, -0.1) is 11.3 Å². The number of hydrogen-bond donors (Lipinski definition) is 0.